The number of allylic oxidation sites excluding steroid dienone is 1. The first-order chi connectivity index (χ1) is 16.3. The number of hydrogen-bond donors (Lipinski definition) is 2. The molecule has 2 atom stereocenters. The number of fused-ring (bicyclic) bond motifs is 1. The molecule has 35 heavy (non-hydrogen) atoms. The first kappa shape index (κ1) is 24.0. The summed E-state index contributed by atoms with van der Waals surface area (Å²) in [4.78, 5) is 13.5. The summed E-state index contributed by atoms with van der Waals surface area (Å²) in [5, 5.41) is 13.3. The monoisotopic (exact) mass is 508 g/mol. The highest BCUT2D eigenvalue weighted by molar-refractivity contribution is 7.91. The molecule has 4 aliphatic rings. The minimum Gasteiger partial charge on any atom is -0.362 e. The number of sulfone groups is 1. The molecule has 7 nitrogen and oxygen atoms in total. The average Bonchev–Trinajstić information content (AvgIpc) is 3.44. The zero-order chi connectivity index (χ0) is 25.4. The van der Waals surface area contributed by atoms with Crippen LogP contribution in [0, 0.1) is 5.92 Å². The van der Waals surface area contributed by atoms with Crippen LogP contribution in [0.15, 0.2) is 61.9 Å². The number of carbonyl (C=O) groups is 1. The predicted molar refractivity (Wildman–Crippen MR) is 122 cm³/mol. The van der Waals surface area contributed by atoms with Gasteiger partial charge in [-0.3, -0.25) is 4.79 Å². The van der Waals surface area contributed by atoms with E-state index >= 15 is 0 Å². The lowest BCUT2D eigenvalue weighted by molar-refractivity contribution is -0.120. The second kappa shape index (κ2) is 7.65. The third-order valence-corrected chi connectivity index (χ3v) is 9.12. The molecular weight excluding hydrogens is 481 g/mol. The molecule has 1 saturated carbocycles. The van der Waals surface area contributed by atoms with Gasteiger partial charge in [-0.15, -0.1) is 5.11 Å². The van der Waals surface area contributed by atoms with Crippen LogP contribution < -0.4 is 10.6 Å². The molecule has 1 unspecified atom stereocenters. The van der Waals surface area contributed by atoms with Gasteiger partial charge in [0.25, 0.3) is 5.91 Å². The number of carbonyl (C=O) groups excluding carboxylic acids is 1. The number of nitrogens with zero attached hydrogens (tertiary/aromatic N) is 2. The van der Waals surface area contributed by atoms with Gasteiger partial charge in [0.15, 0.2) is 21.7 Å². The highest BCUT2D eigenvalue weighted by Crippen LogP contribution is 2.55. The topological polar surface area (TPSA) is 100.0 Å². The number of halogens is 3. The molecule has 1 aromatic rings. The fraction of sp³-hybridized carbons (Fsp3) is 0.542. The summed E-state index contributed by atoms with van der Waals surface area (Å²) in [6.07, 6.45) is -3.75. The summed E-state index contributed by atoms with van der Waals surface area (Å²) in [5.41, 5.74) is -2.51. The number of azo groups is 1. The number of nitrogens with one attached hydrogen (secondary N) is 2. The maximum absolute atomic E-state index is 14.1. The van der Waals surface area contributed by atoms with Gasteiger partial charge < -0.3 is 10.6 Å². The molecular formula is C24H27F3N4O3S. The lowest BCUT2D eigenvalue weighted by Crippen LogP contribution is -2.58. The number of rotatable bonds is 5. The van der Waals surface area contributed by atoms with E-state index in [1.165, 1.54) is 18.2 Å². The predicted octanol–water partition coefficient (Wildman–Crippen LogP) is 4.28. The second-order valence-corrected chi connectivity index (χ2v) is 12.4. The summed E-state index contributed by atoms with van der Waals surface area (Å²) >= 11 is 0. The van der Waals surface area contributed by atoms with E-state index in [1.807, 2.05) is 13.8 Å². The van der Waals surface area contributed by atoms with Crippen molar-refractivity contribution in [3.05, 3.63) is 52.4 Å². The summed E-state index contributed by atoms with van der Waals surface area (Å²) < 4.78 is 68.5. The van der Waals surface area contributed by atoms with Crippen molar-refractivity contribution in [2.75, 3.05) is 5.75 Å². The number of benzene rings is 1. The van der Waals surface area contributed by atoms with E-state index in [0.29, 0.717) is 17.7 Å². The van der Waals surface area contributed by atoms with Gasteiger partial charge >= 0.3 is 6.18 Å². The quantitative estimate of drug-likeness (QED) is 0.620. The molecule has 5 rings (SSSR count). The van der Waals surface area contributed by atoms with E-state index in [2.05, 4.69) is 20.9 Å². The van der Waals surface area contributed by atoms with Gasteiger partial charge in [-0.2, -0.15) is 18.3 Å². The van der Waals surface area contributed by atoms with Crippen LogP contribution in [0.25, 0.3) is 0 Å². The van der Waals surface area contributed by atoms with Crippen LogP contribution >= 0.6 is 0 Å². The Morgan fingerprint density at radius 2 is 1.91 bits per heavy atom. The van der Waals surface area contributed by atoms with E-state index < -0.39 is 44.7 Å². The van der Waals surface area contributed by atoms with Crippen LogP contribution in [0.4, 0.5) is 13.2 Å². The van der Waals surface area contributed by atoms with E-state index in [0.717, 1.165) is 12.8 Å². The van der Waals surface area contributed by atoms with E-state index in [4.69, 9.17) is 0 Å². The van der Waals surface area contributed by atoms with Crippen molar-refractivity contribution >= 4 is 15.7 Å². The van der Waals surface area contributed by atoms with Crippen molar-refractivity contribution in [1.29, 1.82) is 0 Å². The van der Waals surface area contributed by atoms with Crippen molar-refractivity contribution in [3.8, 4) is 0 Å². The van der Waals surface area contributed by atoms with Crippen LogP contribution in [0.1, 0.15) is 52.0 Å². The molecule has 11 heteroatoms. The van der Waals surface area contributed by atoms with Gasteiger partial charge in [0.1, 0.15) is 0 Å². The fourth-order valence-electron chi connectivity index (χ4n) is 5.58. The molecule has 1 aliphatic carbocycles. The molecule has 1 aromatic carbocycles. The molecule has 3 aliphatic heterocycles. The van der Waals surface area contributed by atoms with Crippen LogP contribution in [-0.4, -0.2) is 38.0 Å². The lowest BCUT2D eigenvalue weighted by atomic mass is 9.61. The zero-order valence-electron chi connectivity index (χ0n) is 19.7. The third kappa shape index (κ3) is 3.88. The summed E-state index contributed by atoms with van der Waals surface area (Å²) in [6.45, 7) is 5.36. The maximum Gasteiger partial charge on any atom is 0.435 e. The van der Waals surface area contributed by atoms with Gasteiger partial charge in [-0.1, -0.05) is 19.1 Å². The Morgan fingerprint density at radius 1 is 1.20 bits per heavy atom. The highest BCUT2D eigenvalue weighted by atomic mass is 32.2. The maximum atomic E-state index is 14.1. The summed E-state index contributed by atoms with van der Waals surface area (Å²) in [5.74, 6) is -0.375. The molecule has 0 aromatic heterocycles. The van der Waals surface area contributed by atoms with Crippen molar-refractivity contribution < 1.29 is 26.4 Å². The Balaban J connectivity index is 1.78. The van der Waals surface area contributed by atoms with Gasteiger partial charge in [-0.05, 0) is 56.7 Å². The Kier molecular flexibility index (Phi) is 5.25. The second-order valence-electron chi connectivity index (χ2n) is 10.4. The first-order valence-electron chi connectivity index (χ1n) is 11.7. The minimum absolute atomic E-state index is 0.00352. The van der Waals surface area contributed by atoms with Gasteiger partial charge in [-0.25, -0.2) is 8.42 Å². The Hall–Kier alpha value is -2.69. The molecule has 0 radical (unpaired) electrons. The van der Waals surface area contributed by atoms with E-state index in [-0.39, 0.29) is 34.1 Å². The molecule has 1 fully saturated rings. The SMILES string of the molecule is CC[C@@]1(c2cccc(S(=O)(=O)CC3CC3)c2)C2=C(CC(C)(C)NC2=O)NC2N=NC(C(F)(F)F)=C21. The van der Waals surface area contributed by atoms with Crippen molar-refractivity contribution in [2.45, 2.75) is 74.6 Å². The van der Waals surface area contributed by atoms with Crippen molar-refractivity contribution in [3.63, 3.8) is 0 Å². The standard InChI is InChI=1S/C24H27F3N4O3S/c1-4-23(14-6-5-7-15(10-14)35(33,34)12-13-8-9-13)17-16(11-22(2,3)29-21(17)32)28-20-18(23)19(30-31-20)24(25,26)27/h5-7,10,13,20,28H,4,8-9,11-12H2,1-3H3,(H,29,32)/t20?,23-/m1/s1. The van der Waals surface area contributed by atoms with Gasteiger partial charge in [0.05, 0.1) is 21.6 Å². The van der Waals surface area contributed by atoms with E-state index in [1.54, 1.807) is 13.0 Å². The normalized spacial score (nSPS) is 27.9. The number of amides is 1. The van der Waals surface area contributed by atoms with Crippen LogP contribution in [0.5, 0.6) is 0 Å². The molecule has 0 saturated heterocycles. The van der Waals surface area contributed by atoms with Crippen LogP contribution in [0.2, 0.25) is 0 Å². The fourth-order valence-corrected chi connectivity index (χ4v) is 7.31. The zero-order valence-corrected chi connectivity index (χ0v) is 20.5. The average molecular weight is 509 g/mol. The molecule has 3 heterocycles. The lowest BCUT2D eigenvalue weighted by Gasteiger charge is -2.48. The third-order valence-electron chi connectivity index (χ3n) is 7.24. The molecule has 0 spiro atoms. The Labute approximate surface area is 201 Å². The van der Waals surface area contributed by atoms with E-state index in [9.17, 15) is 26.4 Å². The summed E-state index contributed by atoms with van der Waals surface area (Å²) in [6, 6.07) is 6.02. The molecule has 0 bridgehead atoms. The van der Waals surface area contributed by atoms with Crippen molar-refractivity contribution in [2.24, 2.45) is 16.1 Å². The highest BCUT2D eigenvalue weighted by Gasteiger charge is 2.58. The van der Waals surface area contributed by atoms with Crippen LogP contribution in [0.3, 0.4) is 0 Å². The van der Waals surface area contributed by atoms with Gasteiger partial charge in [0.2, 0.25) is 0 Å². The number of hydrogen-bond acceptors (Lipinski definition) is 6. The minimum atomic E-state index is -4.80. The van der Waals surface area contributed by atoms with Gasteiger partial charge in [0, 0.05) is 23.2 Å². The largest absolute Gasteiger partial charge is 0.435 e. The summed E-state index contributed by atoms with van der Waals surface area (Å²) in [7, 11) is -3.64. The Bertz CT molecular complexity index is 1310. The number of alkyl halides is 3. The molecule has 1 amide bonds. The smallest absolute Gasteiger partial charge is 0.362 e. The first-order valence-corrected chi connectivity index (χ1v) is 13.3. The Morgan fingerprint density at radius 3 is 2.54 bits per heavy atom. The van der Waals surface area contributed by atoms with Crippen molar-refractivity contribution in [1.82, 2.24) is 10.6 Å². The molecule has 2 N–H and O–H groups in total. The molecule has 188 valence electrons. The van der Waals surface area contributed by atoms with Crippen LogP contribution in [-0.2, 0) is 20.0 Å².